The van der Waals surface area contributed by atoms with Crippen LogP contribution in [0.1, 0.15) is 37.5 Å². The van der Waals surface area contributed by atoms with Gasteiger partial charge in [-0.2, -0.15) is 0 Å². The molecule has 0 aliphatic carbocycles. The number of aryl methyl sites for hydroxylation is 1. The summed E-state index contributed by atoms with van der Waals surface area (Å²) in [7, 11) is 0. The molecule has 0 spiro atoms. The van der Waals surface area contributed by atoms with E-state index in [2.05, 4.69) is 37.8 Å². The van der Waals surface area contributed by atoms with Crippen molar-refractivity contribution in [1.29, 1.82) is 0 Å². The van der Waals surface area contributed by atoms with Gasteiger partial charge < -0.3 is 9.84 Å². The van der Waals surface area contributed by atoms with E-state index in [1.807, 2.05) is 12.1 Å². The van der Waals surface area contributed by atoms with E-state index in [0.717, 1.165) is 38.3 Å². The highest BCUT2D eigenvalue weighted by Gasteiger charge is 2.38. The van der Waals surface area contributed by atoms with E-state index < -0.39 is 6.10 Å². The van der Waals surface area contributed by atoms with Crippen molar-refractivity contribution in [3.05, 3.63) is 35.4 Å². The van der Waals surface area contributed by atoms with Gasteiger partial charge in [0.1, 0.15) is 0 Å². The lowest BCUT2D eigenvalue weighted by molar-refractivity contribution is -0.0734. The minimum Gasteiger partial charge on any atom is -0.386 e. The molecule has 2 atom stereocenters. The van der Waals surface area contributed by atoms with Crippen LogP contribution in [0.4, 0.5) is 0 Å². The highest BCUT2D eigenvalue weighted by Crippen LogP contribution is 2.34. The molecule has 1 heterocycles. The second kappa shape index (κ2) is 6.04. The zero-order valence-electron chi connectivity index (χ0n) is 12.2. The van der Waals surface area contributed by atoms with Gasteiger partial charge in [-0.15, -0.1) is 0 Å². The Morgan fingerprint density at radius 3 is 2.63 bits per heavy atom. The fourth-order valence-electron chi connectivity index (χ4n) is 2.86. The van der Waals surface area contributed by atoms with E-state index >= 15 is 0 Å². The Morgan fingerprint density at radius 1 is 1.37 bits per heavy atom. The number of hydrogen-bond acceptors (Lipinski definition) is 3. The third kappa shape index (κ3) is 2.99. The quantitative estimate of drug-likeness (QED) is 0.906. The van der Waals surface area contributed by atoms with Crippen molar-refractivity contribution in [2.45, 2.75) is 38.8 Å². The Morgan fingerprint density at radius 2 is 2.05 bits per heavy atom. The third-order valence-electron chi connectivity index (χ3n) is 4.40. The number of nitrogens with zero attached hydrogens (tertiary/aromatic N) is 1. The van der Waals surface area contributed by atoms with Gasteiger partial charge in [0, 0.05) is 18.6 Å². The van der Waals surface area contributed by atoms with Gasteiger partial charge in [-0.3, -0.25) is 4.90 Å². The smallest absolute Gasteiger partial charge is 0.0970 e. The molecule has 1 aliphatic rings. The number of rotatable bonds is 4. The molecule has 1 aromatic carbocycles. The average molecular weight is 263 g/mol. The first kappa shape index (κ1) is 14.5. The maximum absolute atomic E-state index is 10.8. The van der Waals surface area contributed by atoms with Crippen molar-refractivity contribution < 1.29 is 9.84 Å². The normalized spacial score (nSPS) is 21.9. The van der Waals surface area contributed by atoms with Crippen LogP contribution in [0.25, 0.3) is 0 Å². The molecule has 0 amide bonds. The SMILES string of the molecule is CCC(C)(C(O)c1cccc(C)c1)N1CCOCC1. The number of aliphatic hydroxyl groups is 1. The molecule has 2 unspecified atom stereocenters. The van der Waals surface area contributed by atoms with Crippen LogP contribution in [0.5, 0.6) is 0 Å². The maximum atomic E-state index is 10.8. The number of aliphatic hydroxyl groups excluding tert-OH is 1. The fourth-order valence-corrected chi connectivity index (χ4v) is 2.86. The molecule has 0 bridgehead atoms. The van der Waals surface area contributed by atoms with Crippen LogP contribution in [0.3, 0.4) is 0 Å². The average Bonchev–Trinajstić information content (AvgIpc) is 2.46. The van der Waals surface area contributed by atoms with Gasteiger partial charge in [0.05, 0.1) is 19.3 Å². The molecule has 3 nitrogen and oxygen atoms in total. The fraction of sp³-hybridized carbons (Fsp3) is 0.625. The molecule has 19 heavy (non-hydrogen) atoms. The van der Waals surface area contributed by atoms with Crippen molar-refractivity contribution in [1.82, 2.24) is 4.90 Å². The predicted octanol–water partition coefficient (Wildman–Crippen LogP) is 2.53. The first-order valence-electron chi connectivity index (χ1n) is 7.15. The molecule has 1 aliphatic heterocycles. The van der Waals surface area contributed by atoms with Crippen molar-refractivity contribution >= 4 is 0 Å². The predicted molar refractivity (Wildman–Crippen MR) is 77.2 cm³/mol. The Bertz CT molecular complexity index is 415. The van der Waals surface area contributed by atoms with Crippen LogP contribution in [-0.4, -0.2) is 41.8 Å². The van der Waals surface area contributed by atoms with Crippen molar-refractivity contribution in [3.8, 4) is 0 Å². The van der Waals surface area contributed by atoms with Gasteiger partial charge in [-0.05, 0) is 25.8 Å². The zero-order valence-corrected chi connectivity index (χ0v) is 12.2. The molecule has 0 saturated carbocycles. The standard InChI is InChI=1S/C16H25NO2/c1-4-16(3,17-8-10-19-11-9-17)15(18)14-7-5-6-13(2)12-14/h5-7,12,15,18H,4,8-11H2,1-3H3. The Kier molecular flexibility index (Phi) is 4.61. The number of hydrogen-bond donors (Lipinski definition) is 1. The molecule has 3 heteroatoms. The molecule has 1 N–H and O–H groups in total. The van der Waals surface area contributed by atoms with Crippen LogP contribution >= 0.6 is 0 Å². The second-order valence-corrected chi connectivity index (χ2v) is 5.63. The van der Waals surface area contributed by atoms with E-state index in [1.165, 1.54) is 5.56 Å². The van der Waals surface area contributed by atoms with Gasteiger partial charge in [-0.1, -0.05) is 36.8 Å². The second-order valence-electron chi connectivity index (χ2n) is 5.63. The lowest BCUT2D eigenvalue weighted by Gasteiger charge is -2.46. The Balaban J connectivity index is 2.24. The van der Waals surface area contributed by atoms with Crippen molar-refractivity contribution in [2.24, 2.45) is 0 Å². The van der Waals surface area contributed by atoms with Crippen molar-refractivity contribution in [3.63, 3.8) is 0 Å². The topological polar surface area (TPSA) is 32.7 Å². The molecule has 1 fully saturated rings. The minimum atomic E-state index is -0.463. The van der Waals surface area contributed by atoms with Gasteiger partial charge in [0.2, 0.25) is 0 Å². The Labute approximate surface area is 116 Å². The van der Waals surface area contributed by atoms with Crippen LogP contribution in [0, 0.1) is 6.92 Å². The van der Waals surface area contributed by atoms with Gasteiger partial charge >= 0.3 is 0 Å². The van der Waals surface area contributed by atoms with E-state index in [4.69, 9.17) is 4.74 Å². The monoisotopic (exact) mass is 263 g/mol. The summed E-state index contributed by atoms with van der Waals surface area (Å²) in [6.07, 6.45) is 0.456. The lowest BCUT2D eigenvalue weighted by Crippen LogP contribution is -2.54. The molecule has 2 rings (SSSR count). The number of ether oxygens (including phenoxy) is 1. The lowest BCUT2D eigenvalue weighted by atomic mass is 9.84. The third-order valence-corrected chi connectivity index (χ3v) is 4.40. The molecule has 0 radical (unpaired) electrons. The highest BCUT2D eigenvalue weighted by molar-refractivity contribution is 5.26. The summed E-state index contributed by atoms with van der Waals surface area (Å²) in [4.78, 5) is 2.36. The molecule has 1 saturated heterocycles. The van der Waals surface area contributed by atoms with E-state index in [-0.39, 0.29) is 5.54 Å². The summed E-state index contributed by atoms with van der Waals surface area (Å²) >= 11 is 0. The van der Waals surface area contributed by atoms with Gasteiger partial charge in [-0.25, -0.2) is 0 Å². The van der Waals surface area contributed by atoms with Gasteiger partial charge in [0.25, 0.3) is 0 Å². The minimum absolute atomic E-state index is 0.225. The summed E-state index contributed by atoms with van der Waals surface area (Å²) in [5, 5.41) is 10.8. The number of morpholine rings is 1. The summed E-state index contributed by atoms with van der Waals surface area (Å²) in [5.74, 6) is 0. The summed E-state index contributed by atoms with van der Waals surface area (Å²) in [5.41, 5.74) is 1.98. The highest BCUT2D eigenvalue weighted by atomic mass is 16.5. The van der Waals surface area contributed by atoms with Crippen LogP contribution in [0.2, 0.25) is 0 Å². The largest absolute Gasteiger partial charge is 0.386 e. The van der Waals surface area contributed by atoms with Crippen LogP contribution in [-0.2, 0) is 4.74 Å². The van der Waals surface area contributed by atoms with Gasteiger partial charge in [0.15, 0.2) is 0 Å². The summed E-state index contributed by atoms with van der Waals surface area (Å²) < 4.78 is 5.42. The number of benzene rings is 1. The molecular formula is C16H25NO2. The zero-order chi connectivity index (χ0) is 13.9. The van der Waals surface area contributed by atoms with Crippen LogP contribution in [0.15, 0.2) is 24.3 Å². The summed E-state index contributed by atoms with van der Waals surface area (Å²) in [6.45, 7) is 9.68. The van der Waals surface area contributed by atoms with E-state index in [9.17, 15) is 5.11 Å². The first-order valence-corrected chi connectivity index (χ1v) is 7.15. The Hall–Kier alpha value is -0.900. The molecular weight excluding hydrogens is 238 g/mol. The summed E-state index contributed by atoms with van der Waals surface area (Å²) in [6, 6.07) is 8.18. The van der Waals surface area contributed by atoms with Crippen LogP contribution < -0.4 is 0 Å². The van der Waals surface area contributed by atoms with E-state index in [0.29, 0.717) is 0 Å². The maximum Gasteiger partial charge on any atom is 0.0970 e. The van der Waals surface area contributed by atoms with Crippen molar-refractivity contribution in [2.75, 3.05) is 26.3 Å². The first-order chi connectivity index (χ1) is 9.08. The molecule has 0 aromatic heterocycles. The van der Waals surface area contributed by atoms with E-state index in [1.54, 1.807) is 0 Å². The molecule has 106 valence electrons. The molecule has 1 aromatic rings.